The molecule has 8 heteroatoms. The van der Waals surface area contributed by atoms with E-state index in [2.05, 4.69) is 11.9 Å². The number of hydrogen-bond acceptors (Lipinski definition) is 3. The van der Waals surface area contributed by atoms with Crippen LogP contribution in [-0.4, -0.2) is 18.9 Å². The minimum absolute atomic E-state index is 0.0531. The number of nitrogens with one attached hydrogen (secondary N) is 1. The van der Waals surface area contributed by atoms with Crippen LogP contribution in [0.4, 0.5) is 10.1 Å². The third-order valence-corrected chi connectivity index (χ3v) is 4.88. The predicted molar refractivity (Wildman–Crippen MR) is 97.6 cm³/mol. The van der Waals surface area contributed by atoms with Crippen molar-refractivity contribution in [2.75, 3.05) is 5.32 Å². The number of nitrogens with zero attached hydrogens (tertiary/aromatic N) is 1. The first-order chi connectivity index (χ1) is 12.3. The number of hydrogen-bond donors (Lipinski definition) is 2. The summed E-state index contributed by atoms with van der Waals surface area (Å²) in [6.45, 7) is 3.68. The van der Waals surface area contributed by atoms with Crippen LogP contribution in [0.2, 0.25) is 0 Å². The molecule has 0 bridgehead atoms. The summed E-state index contributed by atoms with van der Waals surface area (Å²) in [5.74, 6) is -0.770. The Morgan fingerprint density at radius 3 is 2.50 bits per heavy atom. The first kappa shape index (κ1) is 17.8. The van der Waals surface area contributed by atoms with Gasteiger partial charge in [0.05, 0.1) is 10.4 Å². The Hall–Kier alpha value is -2.97. The second-order valence-corrected chi connectivity index (χ2v) is 7.20. The van der Waals surface area contributed by atoms with Crippen LogP contribution in [-0.2, 0) is 14.8 Å². The zero-order valence-corrected chi connectivity index (χ0v) is 14.4. The second kappa shape index (κ2) is 6.74. The first-order valence-electron chi connectivity index (χ1n) is 7.62. The lowest BCUT2D eigenvalue weighted by Crippen LogP contribution is -2.24. The molecule has 0 saturated carbocycles. The van der Waals surface area contributed by atoms with Gasteiger partial charge in [-0.05, 0) is 42.5 Å². The summed E-state index contributed by atoms with van der Waals surface area (Å²) < 4.78 is 38.0. The number of carbonyl (C=O) groups excluding carboxylic acids is 1. The van der Waals surface area contributed by atoms with Crippen molar-refractivity contribution in [1.82, 2.24) is 4.57 Å². The minimum Gasteiger partial charge on any atom is -0.331 e. The molecule has 2 aromatic carbocycles. The van der Waals surface area contributed by atoms with Gasteiger partial charge in [0.25, 0.3) is 5.91 Å². The van der Waals surface area contributed by atoms with E-state index in [0.29, 0.717) is 16.6 Å². The summed E-state index contributed by atoms with van der Waals surface area (Å²) in [4.78, 5) is 12.6. The monoisotopic (exact) mass is 373 g/mol. The molecule has 0 radical (unpaired) electrons. The Morgan fingerprint density at radius 2 is 1.88 bits per heavy atom. The SMILES string of the molecule is C=C[C@H](C(=O)Nc1ccc(S(N)(=O)=O)cc1)n1ccc2c(F)cccc21. The molecule has 0 aliphatic heterocycles. The normalized spacial score (nSPS) is 12.7. The van der Waals surface area contributed by atoms with Crippen LogP contribution in [0, 0.1) is 5.82 Å². The van der Waals surface area contributed by atoms with Gasteiger partial charge in [-0.2, -0.15) is 0 Å². The zero-order chi connectivity index (χ0) is 18.9. The van der Waals surface area contributed by atoms with E-state index < -0.39 is 22.0 Å². The highest BCUT2D eigenvalue weighted by Crippen LogP contribution is 2.24. The molecule has 1 aromatic heterocycles. The van der Waals surface area contributed by atoms with Crippen LogP contribution in [0.25, 0.3) is 10.9 Å². The fourth-order valence-electron chi connectivity index (χ4n) is 2.68. The number of nitrogens with two attached hydrogens (primary N) is 1. The van der Waals surface area contributed by atoms with E-state index in [1.165, 1.54) is 36.4 Å². The van der Waals surface area contributed by atoms with Crippen molar-refractivity contribution in [1.29, 1.82) is 0 Å². The van der Waals surface area contributed by atoms with Crippen molar-refractivity contribution in [2.45, 2.75) is 10.9 Å². The maximum atomic E-state index is 13.8. The smallest absolute Gasteiger partial charge is 0.251 e. The first-order valence-corrected chi connectivity index (χ1v) is 9.17. The predicted octanol–water partition coefficient (Wildman–Crippen LogP) is 2.79. The largest absolute Gasteiger partial charge is 0.331 e. The van der Waals surface area contributed by atoms with Gasteiger partial charge in [-0.25, -0.2) is 17.9 Å². The molecule has 0 saturated heterocycles. The molecule has 6 nitrogen and oxygen atoms in total. The van der Waals surface area contributed by atoms with Gasteiger partial charge in [0.15, 0.2) is 0 Å². The van der Waals surface area contributed by atoms with Crippen LogP contribution in [0.5, 0.6) is 0 Å². The van der Waals surface area contributed by atoms with E-state index in [9.17, 15) is 17.6 Å². The third-order valence-electron chi connectivity index (χ3n) is 3.95. The average molecular weight is 373 g/mol. The lowest BCUT2D eigenvalue weighted by molar-refractivity contribution is -0.118. The summed E-state index contributed by atoms with van der Waals surface area (Å²) in [7, 11) is -3.80. The van der Waals surface area contributed by atoms with Crippen molar-refractivity contribution in [3.05, 3.63) is 73.2 Å². The van der Waals surface area contributed by atoms with E-state index in [1.807, 2.05) is 0 Å². The summed E-state index contributed by atoms with van der Waals surface area (Å²) in [6.07, 6.45) is 3.06. The van der Waals surface area contributed by atoms with Gasteiger partial charge in [0, 0.05) is 17.3 Å². The maximum absolute atomic E-state index is 13.8. The molecule has 0 unspecified atom stereocenters. The molecular weight excluding hydrogens is 357 g/mol. The number of anilines is 1. The number of sulfonamides is 1. The van der Waals surface area contributed by atoms with E-state index in [1.54, 1.807) is 29.0 Å². The quantitative estimate of drug-likeness (QED) is 0.673. The standard InChI is InChI=1S/C18H16FN3O3S/c1-2-16(22-11-10-14-15(19)4-3-5-17(14)22)18(23)21-12-6-8-13(9-7-12)26(20,24)25/h2-11,16H,1H2,(H,21,23)(H2,20,24,25)/t16-/m1/s1. The van der Waals surface area contributed by atoms with Gasteiger partial charge in [-0.1, -0.05) is 12.1 Å². The van der Waals surface area contributed by atoms with Crippen LogP contribution in [0.1, 0.15) is 6.04 Å². The van der Waals surface area contributed by atoms with Crippen LogP contribution < -0.4 is 10.5 Å². The van der Waals surface area contributed by atoms with Gasteiger partial charge in [-0.15, -0.1) is 6.58 Å². The maximum Gasteiger partial charge on any atom is 0.251 e. The van der Waals surface area contributed by atoms with E-state index >= 15 is 0 Å². The molecule has 3 N–H and O–H groups in total. The highest BCUT2D eigenvalue weighted by molar-refractivity contribution is 7.89. The highest BCUT2D eigenvalue weighted by atomic mass is 32.2. The van der Waals surface area contributed by atoms with Crippen molar-refractivity contribution < 1.29 is 17.6 Å². The topological polar surface area (TPSA) is 94.2 Å². The van der Waals surface area contributed by atoms with Crippen LogP contribution in [0.15, 0.2) is 72.3 Å². The molecular formula is C18H16FN3O3S. The number of fused-ring (bicyclic) bond motifs is 1. The number of rotatable bonds is 5. The highest BCUT2D eigenvalue weighted by Gasteiger charge is 2.19. The average Bonchev–Trinajstić information content (AvgIpc) is 3.01. The lowest BCUT2D eigenvalue weighted by atomic mass is 10.2. The van der Waals surface area contributed by atoms with Gasteiger partial charge >= 0.3 is 0 Å². The molecule has 0 fully saturated rings. The van der Waals surface area contributed by atoms with Crippen molar-refractivity contribution >= 4 is 32.5 Å². The zero-order valence-electron chi connectivity index (χ0n) is 13.6. The minimum atomic E-state index is -3.80. The van der Waals surface area contributed by atoms with Gasteiger partial charge in [0.2, 0.25) is 10.0 Å². The number of benzene rings is 2. The Kier molecular flexibility index (Phi) is 4.62. The number of aromatic nitrogens is 1. The number of carbonyl (C=O) groups is 1. The second-order valence-electron chi connectivity index (χ2n) is 5.63. The van der Waals surface area contributed by atoms with Crippen molar-refractivity contribution in [2.24, 2.45) is 5.14 Å². The van der Waals surface area contributed by atoms with Crippen molar-refractivity contribution in [3.63, 3.8) is 0 Å². The molecule has 1 heterocycles. The summed E-state index contributed by atoms with van der Waals surface area (Å²) in [6, 6.07) is 10.9. The molecule has 134 valence electrons. The summed E-state index contributed by atoms with van der Waals surface area (Å²) in [5, 5.41) is 8.13. The van der Waals surface area contributed by atoms with Crippen molar-refractivity contribution in [3.8, 4) is 0 Å². The Balaban J connectivity index is 1.87. The van der Waals surface area contributed by atoms with E-state index in [0.717, 1.165) is 0 Å². The molecule has 3 aromatic rings. The van der Waals surface area contributed by atoms with E-state index in [-0.39, 0.29) is 10.7 Å². The van der Waals surface area contributed by atoms with Crippen LogP contribution >= 0.6 is 0 Å². The van der Waals surface area contributed by atoms with Gasteiger partial charge in [0.1, 0.15) is 11.9 Å². The van der Waals surface area contributed by atoms with E-state index in [4.69, 9.17) is 5.14 Å². The summed E-state index contributed by atoms with van der Waals surface area (Å²) >= 11 is 0. The summed E-state index contributed by atoms with van der Waals surface area (Å²) in [5.41, 5.74) is 0.964. The number of halogens is 1. The molecule has 0 aliphatic rings. The van der Waals surface area contributed by atoms with Gasteiger partial charge < -0.3 is 9.88 Å². The molecule has 1 amide bonds. The Bertz CT molecular complexity index is 1090. The number of primary sulfonamides is 1. The molecule has 3 rings (SSSR count). The Labute approximate surface area is 149 Å². The van der Waals surface area contributed by atoms with Crippen LogP contribution in [0.3, 0.4) is 0 Å². The lowest BCUT2D eigenvalue weighted by Gasteiger charge is -2.16. The van der Waals surface area contributed by atoms with Gasteiger partial charge in [-0.3, -0.25) is 4.79 Å². The molecule has 0 aliphatic carbocycles. The third kappa shape index (κ3) is 3.37. The fraction of sp³-hybridized carbons (Fsp3) is 0.0556. The number of amides is 1. The Morgan fingerprint density at radius 1 is 1.19 bits per heavy atom. The molecule has 1 atom stereocenters. The fourth-order valence-corrected chi connectivity index (χ4v) is 3.20. The molecule has 26 heavy (non-hydrogen) atoms. The molecule has 0 spiro atoms.